The maximum atomic E-state index is 14.2. The van der Waals surface area contributed by atoms with E-state index < -0.39 is 42.1 Å². The molecule has 0 saturated carbocycles. The van der Waals surface area contributed by atoms with E-state index in [1.54, 1.807) is 6.92 Å². The quantitative estimate of drug-likeness (QED) is 0.359. The van der Waals surface area contributed by atoms with Crippen molar-refractivity contribution in [1.82, 2.24) is 19.7 Å². The number of likely N-dealkylation sites (tertiary alicyclic amines) is 1. The topological polar surface area (TPSA) is 116 Å². The highest BCUT2D eigenvalue weighted by atomic mass is 19.4. The molecule has 0 radical (unpaired) electrons. The molecule has 1 aromatic carbocycles. The molecule has 44 heavy (non-hydrogen) atoms. The van der Waals surface area contributed by atoms with E-state index in [0.29, 0.717) is 18.4 Å². The predicted molar refractivity (Wildman–Crippen MR) is 141 cm³/mol. The van der Waals surface area contributed by atoms with Gasteiger partial charge in [0.25, 0.3) is 0 Å². The molecule has 15 heteroatoms. The standard InChI is InChI=1S/C29H27F5N4O6/c1-15(17-5-6-21-22(13-17)44-29(33,34)43-21)42-23-14-18(7-10-35-23)38-24-19(25(36-38)28(30,31)32)3-2-4-20(24)26(39)37-11-8-16(9-12-37)27(40)41/h5-7,10,13-16,20H,2-4,8-9,11-12H2,1H3,(H,40,41)/t15-,20-/m0/s1. The third-order valence-corrected chi connectivity index (χ3v) is 8.15. The average Bonchev–Trinajstić information content (AvgIpc) is 3.53. The number of aliphatic carboxylic acids is 1. The highest BCUT2D eigenvalue weighted by molar-refractivity contribution is 5.84. The Hall–Kier alpha value is -4.43. The van der Waals surface area contributed by atoms with E-state index in [9.17, 15) is 36.6 Å². The van der Waals surface area contributed by atoms with Crippen LogP contribution in [0.15, 0.2) is 36.5 Å². The Morgan fingerprint density at radius 1 is 1.09 bits per heavy atom. The summed E-state index contributed by atoms with van der Waals surface area (Å²) in [5, 5.41) is 13.2. The molecule has 2 atom stereocenters. The number of piperidine rings is 1. The van der Waals surface area contributed by atoms with Crippen LogP contribution < -0.4 is 14.2 Å². The molecule has 0 spiro atoms. The van der Waals surface area contributed by atoms with Crippen LogP contribution in [0.5, 0.6) is 17.4 Å². The number of nitrogens with zero attached hydrogens (tertiary/aromatic N) is 4. The fourth-order valence-corrected chi connectivity index (χ4v) is 5.98. The molecule has 1 aliphatic carbocycles. The molecule has 1 fully saturated rings. The molecule has 3 aromatic rings. The predicted octanol–water partition coefficient (Wildman–Crippen LogP) is 5.49. The van der Waals surface area contributed by atoms with Crippen LogP contribution in [0.3, 0.4) is 0 Å². The van der Waals surface area contributed by atoms with Crippen LogP contribution in [0, 0.1) is 5.92 Å². The molecule has 6 rings (SSSR count). The number of carboxylic acid groups (broad SMARTS) is 1. The second-order valence-corrected chi connectivity index (χ2v) is 11.0. The first kappa shape index (κ1) is 29.6. The highest BCUT2D eigenvalue weighted by Gasteiger charge is 2.45. The Balaban J connectivity index is 1.30. The van der Waals surface area contributed by atoms with Crippen molar-refractivity contribution in [3.63, 3.8) is 0 Å². The summed E-state index contributed by atoms with van der Waals surface area (Å²) >= 11 is 0. The Morgan fingerprint density at radius 3 is 2.52 bits per heavy atom. The maximum absolute atomic E-state index is 14.2. The summed E-state index contributed by atoms with van der Waals surface area (Å²) < 4.78 is 85.3. The number of rotatable bonds is 6. The van der Waals surface area contributed by atoms with Gasteiger partial charge in [-0.25, -0.2) is 9.67 Å². The number of benzene rings is 1. The molecule has 2 aromatic heterocycles. The van der Waals surface area contributed by atoms with Gasteiger partial charge in [-0.15, -0.1) is 8.78 Å². The normalized spacial score (nSPS) is 20.2. The summed E-state index contributed by atoms with van der Waals surface area (Å²) in [5.74, 6) is -3.07. The lowest BCUT2D eigenvalue weighted by atomic mass is 9.84. The number of pyridine rings is 1. The van der Waals surface area contributed by atoms with Crippen molar-refractivity contribution in [2.24, 2.45) is 5.92 Å². The number of hydrogen-bond acceptors (Lipinski definition) is 7. The number of fused-ring (bicyclic) bond motifs is 2. The van der Waals surface area contributed by atoms with Gasteiger partial charge in [-0.05, 0) is 62.8 Å². The smallest absolute Gasteiger partial charge is 0.481 e. The van der Waals surface area contributed by atoms with E-state index in [1.165, 1.54) is 41.4 Å². The summed E-state index contributed by atoms with van der Waals surface area (Å²) in [7, 11) is 0. The van der Waals surface area contributed by atoms with Crippen LogP contribution >= 0.6 is 0 Å². The molecule has 1 saturated heterocycles. The molecule has 234 valence electrons. The van der Waals surface area contributed by atoms with Gasteiger partial charge < -0.3 is 24.2 Å². The third kappa shape index (κ3) is 5.62. The van der Waals surface area contributed by atoms with Gasteiger partial charge in [-0.2, -0.15) is 18.3 Å². The van der Waals surface area contributed by atoms with Gasteiger partial charge in [0.15, 0.2) is 17.2 Å². The van der Waals surface area contributed by atoms with Gasteiger partial charge >= 0.3 is 18.4 Å². The lowest BCUT2D eigenvalue weighted by molar-refractivity contribution is -0.286. The maximum Gasteiger partial charge on any atom is 0.586 e. The molecule has 4 heterocycles. The first-order valence-corrected chi connectivity index (χ1v) is 14.0. The zero-order chi connectivity index (χ0) is 31.4. The SMILES string of the molecule is C[C@H](Oc1cc(-n2nc(C(F)(F)F)c3c2[C@@H](C(=O)N2CCC(C(=O)O)CC2)CCC3)ccn1)c1ccc2c(c1)OC(F)(F)O2. The van der Waals surface area contributed by atoms with Gasteiger partial charge in [0, 0.05) is 30.9 Å². The molecular weight excluding hydrogens is 595 g/mol. The van der Waals surface area contributed by atoms with E-state index in [4.69, 9.17) is 4.74 Å². The monoisotopic (exact) mass is 622 g/mol. The van der Waals surface area contributed by atoms with Crippen LogP contribution in [-0.2, 0) is 22.2 Å². The van der Waals surface area contributed by atoms with E-state index in [1.807, 2.05) is 0 Å². The Labute approximate surface area is 247 Å². The van der Waals surface area contributed by atoms with Crippen molar-refractivity contribution in [2.45, 2.75) is 63.5 Å². The first-order valence-electron chi connectivity index (χ1n) is 14.0. The molecular formula is C29H27F5N4O6. The number of hydrogen-bond donors (Lipinski definition) is 1. The van der Waals surface area contributed by atoms with Crippen LogP contribution in [0.4, 0.5) is 22.0 Å². The molecule has 1 N–H and O–H groups in total. The van der Waals surface area contributed by atoms with Crippen LogP contribution in [0.2, 0.25) is 0 Å². The van der Waals surface area contributed by atoms with Gasteiger partial charge in [0.1, 0.15) is 6.10 Å². The summed E-state index contributed by atoms with van der Waals surface area (Å²) in [6, 6.07) is 6.99. The van der Waals surface area contributed by atoms with Gasteiger partial charge in [0.05, 0.1) is 23.2 Å². The second kappa shape index (κ2) is 10.9. The largest absolute Gasteiger partial charge is 0.586 e. The lowest BCUT2D eigenvalue weighted by Crippen LogP contribution is -2.43. The molecule has 0 unspecified atom stereocenters. The minimum absolute atomic E-state index is 0.0187. The number of alkyl halides is 5. The lowest BCUT2D eigenvalue weighted by Gasteiger charge is -2.34. The number of halogens is 5. The third-order valence-electron chi connectivity index (χ3n) is 8.15. The number of aromatic nitrogens is 3. The minimum Gasteiger partial charge on any atom is -0.481 e. The van der Waals surface area contributed by atoms with E-state index in [0.717, 1.165) is 4.68 Å². The zero-order valence-electron chi connectivity index (χ0n) is 23.3. The number of carbonyl (C=O) groups excluding carboxylic acids is 1. The second-order valence-electron chi connectivity index (χ2n) is 11.0. The number of ether oxygens (including phenoxy) is 3. The fraction of sp³-hybridized carbons (Fsp3) is 0.448. The molecule has 10 nitrogen and oxygen atoms in total. The van der Waals surface area contributed by atoms with Crippen molar-refractivity contribution in [1.29, 1.82) is 0 Å². The number of amides is 1. The number of carbonyl (C=O) groups is 2. The first-order chi connectivity index (χ1) is 20.8. The van der Waals surface area contributed by atoms with E-state index >= 15 is 0 Å². The summed E-state index contributed by atoms with van der Waals surface area (Å²) in [5.41, 5.74) is -0.350. The number of carboxylic acids is 1. The van der Waals surface area contributed by atoms with Crippen LogP contribution in [0.1, 0.15) is 67.1 Å². The van der Waals surface area contributed by atoms with E-state index in [-0.39, 0.29) is 72.6 Å². The molecule has 0 bridgehead atoms. The van der Waals surface area contributed by atoms with Crippen LogP contribution in [-0.4, -0.2) is 56.0 Å². The highest BCUT2D eigenvalue weighted by Crippen LogP contribution is 2.44. The molecule has 2 aliphatic heterocycles. The van der Waals surface area contributed by atoms with Gasteiger partial charge in [0.2, 0.25) is 11.8 Å². The van der Waals surface area contributed by atoms with Gasteiger partial charge in [-0.3, -0.25) is 9.59 Å². The Morgan fingerprint density at radius 2 is 1.82 bits per heavy atom. The van der Waals surface area contributed by atoms with Crippen LogP contribution in [0.25, 0.3) is 5.69 Å². The van der Waals surface area contributed by atoms with Crippen molar-refractivity contribution >= 4 is 11.9 Å². The zero-order valence-corrected chi connectivity index (χ0v) is 23.3. The van der Waals surface area contributed by atoms with Gasteiger partial charge in [-0.1, -0.05) is 6.07 Å². The minimum atomic E-state index is -4.77. The fourth-order valence-electron chi connectivity index (χ4n) is 5.98. The summed E-state index contributed by atoms with van der Waals surface area (Å²) in [4.78, 5) is 30.7. The van der Waals surface area contributed by atoms with Crippen molar-refractivity contribution in [2.75, 3.05) is 13.1 Å². The molecule has 3 aliphatic rings. The Kier molecular flexibility index (Phi) is 7.36. The average molecular weight is 623 g/mol. The summed E-state index contributed by atoms with van der Waals surface area (Å²) in [6.45, 7) is 2.03. The molecule has 1 amide bonds. The van der Waals surface area contributed by atoms with Crippen molar-refractivity contribution in [3.05, 3.63) is 59.0 Å². The summed E-state index contributed by atoms with van der Waals surface area (Å²) in [6.07, 6.45) is -6.67. The Bertz CT molecular complexity index is 1600. The van der Waals surface area contributed by atoms with Crippen molar-refractivity contribution < 1.29 is 50.9 Å². The van der Waals surface area contributed by atoms with E-state index in [2.05, 4.69) is 19.6 Å². The van der Waals surface area contributed by atoms with Crippen molar-refractivity contribution in [3.8, 4) is 23.1 Å².